The van der Waals surface area contributed by atoms with Gasteiger partial charge in [-0.2, -0.15) is 0 Å². The van der Waals surface area contributed by atoms with Crippen LogP contribution in [0.2, 0.25) is 0 Å². The second-order valence-electron chi connectivity index (χ2n) is 6.40. The van der Waals surface area contributed by atoms with Gasteiger partial charge in [-0.3, -0.25) is 9.69 Å². The van der Waals surface area contributed by atoms with Crippen LogP contribution in [0.15, 0.2) is 0 Å². The number of amides is 1. The number of nitrogens with zero attached hydrogens (tertiary/aromatic N) is 1. The van der Waals surface area contributed by atoms with Crippen molar-refractivity contribution in [2.24, 2.45) is 5.73 Å². The molecule has 1 saturated heterocycles. The molecule has 0 spiro atoms. The van der Waals surface area contributed by atoms with Gasteiger partial charge in [-0.1, -0.05) is 0 Å². The predicted molar refractivity (Wildman–Crippen MR) is 70.8 cm³/mol. The highest BCUT2D eigenvalue weighted by Crippen LogP contribution is 2.27. The molecule has 0 radical (unpaired) electrons. The number of carbonyl (C=O) groups excluding carboxylic acids is 1. The summed E-state index contributed by atoms with van der Waals surface area (Å²) >= 11 is 0. The van der Waals surface area contributed by atoms with Crippen molar-refractivity contribution in [1.82, 2.24) is 10.2 Å². The summed E-state index contributed by atoms with van der Waals surface area (Å²) in [7, 11) is 0. The number of hydrogen-bond donors (Lipinski definition) is 2. The molecule has 1 fully saturated rings. The summed E-state index contributed by atoms with van der Waals surface area (Å²) in [5.74, 6) is -0.209. The Hall–Kier alpha value is -0.610. The number of primary amides is 1. The van der Waals surface area contributed by atoms with E-state index in [-0.39, 0.29) is 17.5 Å². The van der Waals surface area contributed by atoms with Gasteiger partial charge >= 0.3 is 0 Å². The molecule has 0 bridgehead atoms. The zero-order valence-corrected chi connectivity index (χ0v) is 11.8. The van der Waals surface area contributed by atoms with Gasteiger partial charge in [0.1, 0.15) is 5.54 Å². The third-order valence-electron chi connectivity index (χ3n) is 3.60. The molecule has 0 unspecified atom stereocenters. The monoisotopic (exact) mass is 241 g/mol. The molecule has 0 saturated carbocycles. The molecular weight excluding hydrogens is 214 g/mol. The minimum absolute atomic E-state index is 0.168. The van der Waals surface area contributed by atoms with Gasteiger partial charge in [-0.25, -0.2) is 0 Å². The molecule has 0 aromatic carbocycles. The molecule has 1 rings (SSSR count). The zero-order valence-electron chi connectivity index (χ0n) is 11.8. The minimum atomic E-state index is -0.504. The predicted octanol–water partition coefficient (Wildman–Crippen LogP) is 1.10. The fraction of sp³-hybridized carbons (Fsp3) is 0.923. The Kier molecular flexibility index (Phi) is 4.20. The average molecular weight is 241 g/mol. The third-order valence-corrected chi connectivity index (χ3v) is 3.60. The Morgan fingerprint density at radius 2 is 1.76 bits per heavy atom. The molecule has 17 heavy (non-hydrogen) atoms. The molecule has 3 N–H and O–H groups in total. The van der Waals surface area contributed by atoms with Crippen LogP contribution in [0.5, 0.6) is 0 Å². The van der Waals surface area contributed by atoms with E-state index in [0.29, 0.717) is 0 Å². The van der Waals surface area contributed by atoms with Crippen LogP contribution in [0, 0.1) is 0 Å². The normalized spacial score (nSPS) is 21.8. The summed E-state index contributed by atoms with van der Waals surface area (Å²) in [6, 6.07) is 0.281. The van der Waals surface area contributed by atoms with E-state index in [0.717, 1.165) is 25.9 Å². The molecule has 0 atom stereocenters. The van der Waals surface area contributed by atoms with Crippen LogP contribution < -0.4 is 11.1 Å². The van der Waals surface area contributed by atoms with E-state index in [1.165, 1.54) is 0 Å². The van der Waals surface area contributed by atoms with Gasteiger partial charge in [0.15, 0.2) is 0 Å². The summed E-state index contributed by atoms with van der Waals surface area (Å²) in [6.07, 6.45) is 1.61. The van der Waals surface area contributed by atoms with Gasteiger partial charge in [0.2, 0.25) is 5.91 Å². The van der Waals surface area contributed by atoms with Gasteiger partial charge < -0.3 is 11.1 Å². The van der Waals surface area contributed by atoms with E-state index in [1.54, 1.807) is 0 Å². The topological polar surface area (TPSA) is 58.4 Å². The lowest BCUT2D eigenvalue weighted by molar-refractivity contribution is -0.127. The summed E-state index contributed by atoms with van der Waals surface area (Å²) in [4.78, 5) is 14.1. The van der Waals surface area contributed by atoms with E-state index in [4.69, 9.17) is 5.73 Å². The Bertz CT molecular complexity index is 273. The second kappa shape index (κ2) is 4.94. The lowest BCUT2D eigenvalue weighted by atomic mass is 9.84. The van der Waals surface area contributed by atoms with Crippen LogP contribution in [0.4, 0.5) is 0 Å². The fourth-order valence-corrected chi connectivity index (χ4v) is 2.57. The molecule has 0 aliphatic carbocycles. The van der Waals surface area contributed by atoms with E-state index >= 15 is 0 Å². The molecule has 1 heterocycles. The highest BCUT2D eigenvalue weighted by atomic mass is 16.1. The van der Waals surface area contributed by atoms with Crippen LogP contribution in [-0.2, 0) is 4.79 Å². The summed E-state index contributed by atoms with van der Waals surface area (Å²) in [5, 5.41) is 3.37. The summed E-state index contributed by atoms with van der Waals surface area (Å²) in [6.45, 7) is 12.6. The second-order valence-corrected chi connectivity index (χ2v) is 6.40. The average Bonchev–Trinajstić information content (AvgIpc) is 2.15. The first-order valence-corrected chi connectivity index (χ1v) is 6.50. The van der Waals surface area contributed by atoms with Crippen molar-refractivity contribution in [2.75, 3.05) is 13.1 Å². The number of likely N-dealkylation sites (tertiary alicyclic amines) is 1. The molecule has 4 heteroatoms. The van der Waals surface area contributed by atoms with Crippen molar-refractivity contribution >= 4 is 5.91 Å². The zero-order chi connectivity index (χ0) is 13.3. The van der Waals surface area contributed by atoms with Crippen molar-refractivity contribution in [2.45, 2.75) is 64.6 Å². The molecular formula is C13H27N3O. The first-order chi connectivity index (χ1) is 7.67. The van der Waals surface area contributed by atoms with Crippen LogP contribution in [0.3, 0.4) is 0 Å². The summed E-state index contributed by atoms with van der Waals surface area (Å²) in [5.41, 5.74) is 5.25. The fourth-order valence-electron chi connectivity index (χ4n) is 2.57. The van der Waals surface area contributed by atoms with E-state index in [2.05, 4.69) is 44.8 Å². The molecule has 0 aromatic rings. The molecule has 1 amide bonds. The van der Waals surface area contributed by atoms with Crippen molar-refractivity contribution in [3.63, 3.8) is 0 Å². The number of rotatable bonds is 3. The SMILES string of the molecule is CC(C)NC1(C(N)=O)CCN(C(C)(C)C)CC1. The maximum Gasteiger partial charge on any atom is 0.237 e. The molecule has 1 aliphatic heterocycles. The standard InChI is InChI=1S/C13H27N3O/c1-10(2)15-13(11(14)17)6-8-16(9-7-13)12(3,4)5/h10,15H,6-9H2,1-5H3,(H2,14,17). The lowest BCUT2D eigenvalue weighted by Gasteiger charge is -2.46. The number of nitrogens with one attached hydrogen (secondary N) is 1. The molecule has 0 aromatic heterocycles. The number of nitrogens with two attached hydrogens (primary N) is 1. The Morgan fingerprint density at radius 3 is 2.06 bits per heavy atom. The number of piperidine rings is 1. The lowest BCUT2D eigenvalue weighted by Crippen LogP contribution is -2.64. The Labute approximate surface area is 105 Å². The highest BCUT2D eigenvalue weighted by Gasteiger charge is 2.41. The van der Waals surface area contributed by atoms with Crippen molar-refractivity contribution in [1.29, 1.82) is 0 Å². The summed E-state index contributed by atoms with van der Waals surface area (Å²) < 4.78 is 0. The van der Waals surface area contributed by atoms with Crippen molar-refractivity contribution in [3.05, 3.63) is 0 Å². The van der Waals surface area contributed by atoms with Crippen LogP contribution in [0.1, 0.15) is 47.5 Å². The quantitative estimate of drug-likeness (QED) is 0.778. The van der Waals surface area contributed by atoms with Crippen molar-refractivity contribution in [3.8, 4) is 0 Å². The maximum atomic E-state index is 11.7. The largest absolute Gasteiger partial charge is 0.368 e. The van der Waals surface area contributed by atoms with Gasteiger partial charge in [0.05, 0.1) is 0 Å². The third kappa shape index (κ3) is 3.42. The van der Waals surface area contributed by atoms with E-state index < -0.39 is 5.54 Å². The van der Waals surface area contributed by atoms with Crippen LogP contribution >= 0.6 is 0 Å². The van der Waals surface area contributed by atoms with Crippen LogP contribution in [0.25, 0.3) is 0 Å². The van der Waals surface area contributed by atoms with Gasteiger partial charge in [0, 0.05) is 24.7 Å². The minimum Gasteiger partial charge on any atom is -0.368 e. The van der Waals surface area contributed by atoms with Gasteiger partial charge in [-0.05, 0) is 47.5 Å². The van der Waals surface area contributed by atoms with Gasteiger partial charge in [-0.15, -0.1) is 0 Å². The smallest absolute Gasteiger partial charge is 0.237 e. The Balaban J connectivity index is 2.71. The van der Waals surface area contributed by atoms with E-state index in [9.17, 15) is 4.79 Å². The van der Waals surface area contributed by atoms with E-state index in [1.807, 2.05) is 0 Å². The van der Waals surface area contributed by atoms with Crippen molar-refractivity contribution < 1.29 is 4.79 Å². The molecule has 4 nitrogen and oxygen atoms in total. The molecule has 1 aliphatic rings. The Morgan fingerprint density at radius 1 is 1.29 bits per heavy atom. The number of hydrogen-bond acceptors (Lipinski definition) is 3. The highest BCUT2D eigenvalue weighted by molar-refractivity contribution is 5.84. The first kappa shape index (κ1) is 14.5. The maximum absolute atomic E-state index is 11.7. The van der Waals surface area contributed by atoms with Crippen LogP contribution in [-0.4, -0.2) is 41.0 Å². The number of carbonyl (C=O) groups is 1. The molecule has 100 valence electrons. The van der Waals surface area contributed by atoms with Gasteiger partial charge in [0.25, 0.3) is 0 Å². The first-order valence-electron chi connectivity index (χ1n) is 6.50.